The molecule has 0 saturated heterocycles. The molecule has 2 rings (SSSR count). The summed E-state index contributed by atoms with van der Waals surface area (Å²) in [6.45, 7) is -1.24. The van der Waals surface area contributed by atoms with Gasteiger partial charge in [0.05, 0.1) is 0 Å². The van der Waals surface area contributed by atoms with Gasteiger partial charge in [-0.1, -0.05) is 36.4 Å². The highest BCUT2D eigenvalue weighted by Gasteiger charge is 2.31. The molecule has 0 bridgehead atoms. The average Bonchev–Trinajstić information content (AvgIpc) is 2.59. The van der Waals surface area contributed by atoms with Gasteiger partial charge in [-0.05, 0) is 24.3 Å². The van der Waals surface area contributed by atoms with Gasteiger partial charge in [-0.25, -0.2) is 14.2 Å². The molecule has 0 spiro atoms. The first kappa shape index (κ1) is 18.5. The normalized spacial score (nSPS) is 10.6. The molecule has 0 amide bonds. The van der Waals surface area contributed by atoms with Crippen molar-refractivity contribution in [2.24, 2.45) is 0 Å². The predicted molar refractivity (Wildman–Crippen MR) is 85.9 cm³/mol. The highest BCUT2D eigenvalue weighted by molar-refractivity contribution is 7.48. The Kier molecular flexibility index (Phi) is 6.56. The zero-order valence-corrected chi connectivity index (χ0v) is 13.8. The van der Waals surface area contributed by atoms with E-state index in [9.17, 15) is 19.0 Å². The molecule has 2 aromatic carbocycles. The Labute approximate surface area is 143 Å². The summed E-state index contributed by atoms with van der Waals surface area (Å²) < 4.78 is 30.2. The molecule has 0 aromatic heterocycles. The van der Waals surface area contributed by atoms with Gasteiger partial charge in [-0.3, -0.25) is 4.89 Å². The van der Waals surface area contributed by atoms with Gasteiger partial charge in [0.25, 0.3) is 0 Å². The van der Waals surface area contributed by atoms with Gasteiger partial charge in [-0.15, -0.1) is 0 Å². The van der Waals surface area contributed by atoms with Crippen LogP contribution in [0, 0.1) is 0 Å². The van der Waals surface area contributed by atoms with E-state index in [1.165, 1.54) is 0 Å². The lowest BCUT2D eigenvalue weighted by atomic mass is 10.3. The molecule has 0 aliphatic heterocycles. The molecule has 0 atom stereocenters. The third kappa shape index (κ3) is 7.07. The topological polar surface area (TPSA) is 108 Å². The molecule has 2 aromatic rings. The molecule has 132 valence electrons. The number of hydrogen-bond acceptors (Lipinski definition) is 7. The SMILES string of the molecule is O=C(COc1ccccc1)OP(=O)(O)OC(=O)COc1ccccc1. The van der Waals surface area contributed by atoms with Crippen molar-refractivity contribution in [3.05, 3.63) is 60.7 Å². The minimum atomic E-state index is -4.91. The summed E-state index contributed by atoms with van der Waals surface area (Å²) in [5.41, 5.74) is 0. The maximum atomic E-state index is 11.6. The van der Waals surface area contributed by atoms with Crippen molar-refractivity contribution in [1.29, 1.82) is 0 Å². The fourth-order valence-corrected chi connectivity index (χ4v) is 2.30. The average molecular weight is 366 g/mol. The van der Waals surface area contributed by atoms with Gasteiger partial charge in [0.1, 0.15) is 11.5 Å². The van der Waals surface area contributed by atoms with Crippen molar-refractivity contribution in [3.8, 4) is 11.5 Å². The van der Waals surface area contributed by atoms with E-state index in [0.29, 0.717) is 11.5 Å². The van der Waals surface area contributed by atoms with E-state index in [1.807, 2.05) is 0 Å². The monoisotopic (exact) mass is 366 g/mol. The Morgan fingerprint density at radius 1 is 0.760 bits per heavy atom. The lowest BCUT2D eigenvalue weighted by Gasteiger charge is -2.12. The van der Waals surface area contributed by atoms with Crippen LogP contribution in [0.3, 0.4) is 0 Å². The van der Waals surface area contributed by atoms with Crippen LogP contribution in [0.5, 0.6) is 11.5 Å². The molecule has 0 fully saturated rings. The molecule has 0 heterocycles. The van der Waals surface area contributed by atoms with Crippen LogP contribution >= 0.6 is 7.82 Å². The molecule has 8 nitrogen and oxygen atoms in total. The van der Waals surface area contributed by atoms with Gasteiger partial charge in [0.15, 0.2) is 13.2 Å². The minimum Gasteiger partial charge on any atom is -0.482 e. The molecule has 25 heavy (non-hydrogen) atoms. The van der Waals surface area contributed by atoms with Gasteiger partial charge in [0, 0.05) is 0 Å². The zero-order chi connectivity index (χ0) is 18.1. The highest BCUT2D eigenvalue weighted by atomic mass is 31.2. The molecule has 0 radical (unpaired) electrons. The van der Waals surface area contributed by atoms with Crippen LogP contribution in [0.4, 0.5) is 0 Å². The molecule has 0 unspecified atom stereocenters. The lowest BCUT2D eigenvalue weighted by molar-refractivity contribution is -0.142. The molecular formula is C16H15O8P. The van der Waals surface area contributed by atoms with Crippen molar-refractivity contribution in [1.82, 2.24) is 0 Å². The molecule has 0 aliphatic rings. The summed E-state index contributed by atoms with van der Waals surface area (Å²) >= 11 is 0. The number of benzene rings is 2. The maximum absolute atomic E-state index is 11.6. The quantitative estimate of drug-likeness (QED) is 0.709. The third-order valence-electron chi connectivity index (χ3n) is 2.63. The number of carbonyl (C=O) groups excluding carboxylic acids is 2. The summed E-state index contributed by atoms with van der Waals surface area (Å²) in [6, 6.07) is 16.6. The van der Waals surface area contributed by atoms with Gasteiger partial charge in [-0.2, -0.15) is 0 Å². The minimum absolute atomic E-state index is 0.375. The van der Waals surface area contributed by atoms with Gasteiger partial charge in [0.2, 0.25) is 0 Å². The Morgan fingerprint density at radius 3 is 1.48 bits per heavy atom. The first-order valence-electron chi connectivity index (χ1n) is 7.08. The zero-order valence-electron chi connectivity index (χ0n) is 12.9. The lowest BCUT2D eigenvalue weighted by Crippen LogP contribution is -2.18. The molecule has 1 N–H and O–H groups in total. The first-order valence-corrected chi connectivity index (χ1v) is 8.57. The van der Waals surface area contributed by atoms with Crippen molar-refractivity contribution >= 4 is 19.8 Å². The van der Waals surface area contributed by atoms with Crippen LogP contribution in [0.15, 0.2) is 60.7 Å². The van der Waals surface area contributed by atoms with Crippen LogP contribution in [0.25, 0.3) is 0 Å². The predicted octanol–water partition coefficient (Wildman–Crippen LogP) is 2.33. The summed E-state index contributed by atoms with van der Waals surface area (Å²) in [5.74, 6) is -1.57. The van der Waals surface area contributed by atoms with Crippen LogP contribution in [-0.4, -0.2) is 30.0 Å². The van der Waals surface area contributed by atoms with Crippen LogP contribution in [0.2, 0.25) is 0 Å². The van der Waals surface area contributed by atoms with Crippen molar-refractivity contribution < 1.29 is 37.6 Å². The maximum Gasteiger partial charge on any atom is 0.589 e. The van der Waals surface area contributed by atoms with Crippen LogP contribution in [-0.2, 0) is 23.2 Å². The molecular weight excluding hydrogens is 351 g/mol. The molecule has 0 aliphatic carbocycles. The summed E-state index contributed by atoms with van der Waals surface area (Å²) in [5, 5.41) is 0. The fourth-order valence-electron chi connectivity index (χ4n) is 1.65. The van der Waals surface area contributed by atoms with E-state index in [0.717, 1.165) is 0 Å². The van der Waals surface area contributed by atoms with Crippen molar-refractivity contribution in [2.45, 2.75) is 0 Å². The van der Waals surface area contributed by atoms with Crippen LogP contribution in [0.1, 0.15) is 0 Å². The van der Waals surface area contributed by atoms with Crippen molar-refractivity contribution in [2.75, 3.05) is 13.2 Å². The Hall–Kier alpha value is -2.83. The summed E-state index contributed by atoms with van der Waals surface area (Å²) in [4.78, 5) is 32.4. The Bertz CT molecular complexity index is 686. The first-order chi connectivity index (χ1) is 11.9. The van der Waals surface area contributed by atoms with Crippen molar-refractivity contribution in [3.63, 3.8) is 0 Å². The molecule has 0 saturated carbocycles. The summed E-state index contributed by atoms with van der Waals surface area (Å²) in [7, 11) is -4.91. The largest absolute Gasteiger partial charge is 0.589 e. The van der Waals surface area contributed by atoms with E-state index in [1.54, 1.807) is 60.7 Å². The highest BCUT2D eigenvalue weighted by Crippen LogP contribution is 2.43. The van der Waals surface area contributed by atoms with E-state index < -0.39 is 33.0 Å². The van der Waals surface area contributed by atoms with E-state index >= 15 is 0 Å². The number of para-hydroxylation sites is 2. The van der Waals surface area contributed by atoms with E-state index in [4.69, 9.17) is 9.47 Å². The van der Waals surface area contributed by atoms with Crippen LogP contribution < -0.4 is 9.47 Å². The Balaban J connectivity index is 1.75. The standard InChI is InChI=1S/C16H15O8P/c17-15(11-21-13-7-3-1-4-8-13)23-25(19,20)24-16(18)12-22-14-9-5-2-6-10-14/h1-10H,11-12H2,(H,19,20). The fraction of sp³-hybridized carbons (Fsp3) is 0.125. The number of ether oxygens (including phenoxy) is 2. The Morgan fingerprint density at radius 2 is 1.12 bits per heavy atom. The number of phosphoric ester groups is 1. The second kappa shape index (κ2) is 8.86. The number of hydrogen-bond donors (Lipinski definition) is 1. The van der Waals surface area contributed by atoms with Gasteiger partial charge >= 0.3 is 19.8 Å². The second-order valence-electron chi connectivity index (χ2n) is 4.60. The number of phosphoric acid groups is 1. The van der Waals surface area contributed by atoms with E-state index in [2.05, 4.69) is 9.05 Å². The molecule has 9 heteroatoms. The summed E-state index contributed by atoms with van der Waals surface area (Å²) in [6.07, 6.45) is 0. The van der Waals surface area contributed by atoms with Gasteiger partial charge < -0.3 is 18.5 Å². The third-order valence-corrected chi connectivity index (χ3v) is 3.50. The smallest absolute Gasteiger partial charge is 0.482 e. The number of rotatable bonds is 8. The van der Waals surface area contributed by atoms with E-state index in [-0.39, 0.29) is 0 Å². The number of carbonyl (C=O) groups is 2. The second-order valence-corrected chi connectivity index (χ2v) is 5.90.